The van der Waals surface area contributed by atoms with Crippen molar-refractivity contribution < 1.29 is 9.26 Å². The molecule has 72 valence electrons. The number of aromatic nitrogens is 1. The molecular formula is C10H8BrNO2. The van der Waals surface area contributed by atoms with Crippen LogP contribution in [0.15, 0.2) is 39.3 Å². The topological polar surface area (TPSA) is 35.3 Å². The molecule has 0 radical (unpaired) electrons. The van der Waals surface area contributed by atoms with Gasteiger partial charge in [-0.2, -0.15) is 0 Å². The number of benzene rings is 1. The molecule has 2 aromatic rings. The number of halogens is 1. The Hall–Kier alpha value is -1.29. The molecule has 1 heterocycles. The second-order valence-electron chi connectivity index (χ2n) is 2.70. The molecule has 0 aliphatic heterocycles. The van der Waals surface area contributed by atoms with E-state index in [9.17, 15) is 0 Å². The highest BCUT2D eigenvalue weighted by molar-refractivity contribution is 9.10. The van der Waals surface area contributed by atoms with Crippen LogP contribution in [0.1, 0.15) is 0 Å². The zero-order valence-corrected chi connectivity index (χ0v) is 9.11. The van der Waals surface area contributed by atoms with E-state index in [2.05, 4.69) is 21.1 Å². The highest BCUT2D eigenvalue weighted by Gasteiger charge is 2.14. The maximum absolute atomic E-state index is 4.98. The number of ether oxygens (including phenoxy) is 1. The molecule has 0 aliphatic rings. The van der Waals surface area contributed by atoms with Crippen molar-refractivity contribution >= 4 is 15.9 Å². The standard InChI is InChI=1S/C10H8BrNO2/c1-13-10-8(11)9(12-14-10)7-5-3-2-4-6-7/h2-6H,1H3. The first-order valence-corrected chi connectivity index (χ1v) is 4.87. The fourth-order valence-electron chi connectivity index (χ4n) is 1.17. The SMILES string of the molecule is COc1onc(-c2ccccc2)c1Br. The molecular weight excluding hydrogens is 246 g/mol. The highest BCUT2D eigenvalue weighted by atomic mass is 79.9. The number of hydrogen-bond acceptors (Lipinski definition) is 3. The summed E-state index contributed by atoms with van der Waals surface area (Å²) in [7, 11) is 1.54. The number of rotatable bonds is 2. The highest BCUT2D eigenvalue weighted by Crippen LogP contribution is 2.34. The molecule has 1 aromatic carbocycles. The second-order valence-corrected chi connectivity index (χ2v) is 3.50. The maximum atomic E-state index is 4.98. The van der Waals surface area contributed by atoms with E-state index in [1.807, 2.05) is 30.3 Å². The third-order valence-electron chi connectivity index (χ3n) is 1.84. The van der Waals surface area contributed by atoms with Crippen molar-refractivity contribution in [1.29, 1.82) is 0 Å². The van der Waals surface area contributed by atoms with Gasteiger partial charge in [-0.15, -0.1) is 0 Å². The van der Waals surface area contributed by atoms with Gasteiger partial charge in [0, 0.05) is 5.56 Å². The van der Waals surface area contributed by atoms with Crippen molar-refractivity contribution in [2.45, 2.75) is 0 Å². The fourth-order valence-corrected chi connectivity index (χ4v) is 1.70. The minimum Gasteiger partial charge on any atom is -0.466 e. The Morgan fingerprint density at radius 1 is 1.29 bits per heavy atom. The predicted molar refractivity (Wildman–Crippen MR) is 56.2 cm³/mol. The lowest BCUT2D eigenvalue weighted by Gasteiger charge is -1.94. The largest absolute Gasteiger partial charge is 0.466 e. The van der Waals surface area contributed by atoms with Gasteiger partial charge in [0.15, 0.2) is 0 Å². The molecule has 0 aliphatic carbocycles. The van der Waals surface area contributed by atoms with Gasteiger partial charge < -0.3 is 9.26 Å². The van der Waals surface area contributed by atoms with Gasteiger partial charge in [-0.25, -0.2) is 0 Å². The van der Waals surface area contributed by atoms with E-state index < -0.39 is 0 Å². The lowest BCUT2D eigenvalue weighted by molar-refractivity contribution is 0.259. The summed E-state index contributed by atoms with van der Waals surface area (Å²) in [6, 6.07) is 9.77. The Balaban J connectivity index is 2.48. The third-order valence-corrected chi connectivity index (χ3v) is 2.54. The van der Waals surface area contributed by atoms with Crippen LogP contribution >= 0.6 is 15.9 Å². The summed E-state index contributed by atoms with van der Waals surface area (Å²) in [5, 5.41) is 3.91. The van der Waals surface area contributed by atoms with Crippen LogP contribution in [0, 0.1) is 0 Å². The first kappa shape index (κ1) is 9.27. The first-order valence-electron chi connectivity index (χ1n) is 4.07. The van der Waals surface area contributed by atoms with Crippen LogP contribution in [0.2, 0.25) is 0 Å². The van der Waals surface area contributed by atoms with Gasteiger partial charge in [0.05, 0.1) is 7.11 Å². The van der Waals surface area contributed by atoms with Gasteiger partial charge in [-0.1, -0.05) is 35.5 Å². The second kappa shape index (κ2) is 3.84. The minimum absolute atomic E-state index is 0.392. The van der Waals surface area contributed by atoms with Crippen molar-refractivity contribution in [3.05, 3.63) is 34.8 Å². The smallest absolute Gasteiger partial charge is 0.326 e. The van der Waals surface area contributed by atoms with Crippen LogP contribution in [-0.2, 0) is 0 Å². The molecule has 0 bridgehead atoms. The summed E-state index contributed by atoms with van der Waals surface area (Å²) in [6.07, 6.45) is 0. The molecule has 0 N–H and O–H groups in total. The van der Waals surface area contributed by atoms with Crippen LogP contribution < -0.4 is 4.74 Å². The van der Waals surface area contributed by atoms with Crippen LogP contribution in [-0.4, -0.2) is 12.3 Å². The van der Waals surface area contributed by atoms with Gasteiger partial charge >= 0.3 is 5.95 Å². The normalized spacial score (nSPS) is 10.1. The summed E-state index contributed by atoms with van der Waals surface area (Å²) in [6.45, 7) is 0. The Labute approximate surface area is 89.8 Å². The Morgan fingerprint density at radius 3 is 2.57 bits per heavy atom. The van der Waals surface area contributed by atoms with Crippen molar-refractivity contribution in [2.75, 3.05) is 7.11 Å². The number of nitrogens with zero attached hydrogens (tertiary/aromatic N) is 1. The van der Waals surface area contributed by atoms with Crippen LogP contribution in [0.25, 0.3) is 11.3 Å². The number of methoxy groups -OCH3 is 1. The molecule has 4 heteroatoms. The first-order chi connectivity index (χ1) is 6.83. The van der Waals surface area contributed by atoms with Crippen LogP contribution in [0.4, 0.5) is 0 Å². The van der Waals surface area contributed by atoms with E-state index >= 15 is 0 Å². The van der Waals surface area contributed by atoms with Crippen molar-refractivity contribution in [3.63, 3.8) is 0 Å². The summed E-state index contributed by atoms with van der Waals surface area (Å²) in [5.41, 5.74) is 1.74. The third kappa shape index (κ3) is 1.53. The summed E-state index contributed by atoms with van der Waals surface area (Å²) in [4.78, 5) is 0. The van der Waals surface area contributed by atoms with Gasteiger partial charge in [-0.3, -0.25) is 0 Å². The van der Waals surface area contributed by atoms with E-state index in [4.69, 9.17) is 9.26 Å². The van der Waals surface area contributed by atoms with Crippen molar-refractivity contribution in [3.8, 4) is 17.2 Å². The maximum Gasteiger partial charge on any atom is 0.326 e. The molecule has 0 saturated carbocycles. The molecule has 0 atom stereocenters. The molecule has 0 spiro atoms. The van der Waals surface area contributed by atoms with E-state index in [1.54, 1.807) is 7.11 Å². The van der Waals surface area contributed by atoms with Crippen LogP contribution in [0.3, 0.4) is 0 Å². The fraction of sp³-hybridized carbons (Fsp3) is 0.100. The minimum atomic E-state index is 0.392. The van der Waals surface area contributed by atoms with E-state index in [0.29, 0.717) is 5.95 Å². The average molecular weight is 254 g/mol. The van der Waals surface area contributed by atoms with Crippen molar-refractivity contribution in [1.82, 2.24) is 5.16 Å². The van der Waals surface area contributed by atoms with E-state index in [1.165, 1.54) is 0 Å². The Morgan fingerprint density at radius 2 is 2.00 bits per heavy atom. The van der Waals surface area contributed by atoms with Gasteiger partial charge in [0.25, 0.3) is 0 Å². The zero-order valence-electron chi connectivity index (χ0n) is 7.53. The van der Waals surface area contributed by atoms with Gasteiger partial charge in [-0.05, 0) is 15.9 Å². The monoisotopic (exact) mass is 253 g/mol. The summed E-state index contributed by atoms with van der Waals surface area (Å²) < 4.78 is 10.7. The Bertz CT molecular complexity index is 425. The molecule has 2 rings (SSSR count). The quantitative estimate of drug-likeness (QED) is 0.825. The van der Waals surface area contributed by atoms with Crippen LogP contribution in [0.5, 0.6) is 5.95 Å². The molecule has 0 amide bonds. The molecule has 0 unspecified atom stereocenters. The lowest BCUT2D eigenvalue weighted by atomic mass is 10.2. The average Bonchev–Trinajstić information content (AvgIpc) is 2.61. The lowest BCUT2D eigenvalue weighted by Crippen LogP contribution is -1.80. The predicted octanol–water partition coefficient (Wildman–Crippen LogP) is 3.11. The molecule has 0 fully saturated rings. The van der Waals surface area contributed by atoms with Crippen molar-refractivity contribution in [2.24, 2.45) is 0 Å². The van der Waals surface area contributed by atoms with Gasteiger partial charge in [0.2, 0.25) is 0 Å². The molecule has 3 nitrogen and oxygen atoms in total. The van der Waals surface area contributed by atoms with E-state index in [-0.39, 0.29) is 0 Å². The molecule has 0 saturated heterocycles. The van der Waals surface area contributed by atoms with Gasteiger partial charge in [0.1, 0.15) is 10.2 Å². The Kier molecular flexibility index (Phi) is 2.54. The molecule has 1 aromatic heterocycles. The molecule has 14 heavy (non-hydrogen) atoms. The summed E-state index contributed by atoms with van der Waals surface area (Å²) >= 11 is 3.37. The zero-order chi connectivity index (χ0) is 9.97. The summed E-state index contributed by atoms with van der Waals surface area (Å²) in [5.74, 6) is 0.392. The van der Waals surface area contributed by atoms with E-state index in [0.717, 1.165) is 15.7 Å². The number of hydrogen-bond donors (Lipinski definition) is 0.